The van der Waals surface area contributed by atoms with Crippen molar-refractivity contribution in [3.63, 3.8) is 0 Å². The fraction of sp³-hybridized carbons (Fsp3) is 0.500. The van der Waals surface area contributed by atoms with Gasteiger partial charge >= 0.3 is 5.97 Å². The third kappa shape index (κ3) is 2.42. The predicted octanol–water partition coefficient (Wildman–Crippen LogP) is 2.07. The first-order valence-corrected chi connectivity index (χ1v) is 7.69. The molecule has 1 aliphatic carbocycles. The van der Waals surface area contributed by atoms with Crippen LogP contribution in [0.5, 0.6) is 0 Å². The molecule has 0 radical (unpaired) electrons. The minimum Gasteiger partial charge on any atom is -0.481 e. The SMILES string of the molecule is Cc1nn(C)c2sc(C(=O)NC3(CC(=O)O)CCC3)cc12. The smallest absolute Gasteiger partial charge is 0.305 e. The number of aryl methyl sites for hydroxylation is 2. The highest BCUT2D eigenvalue weighted by Gasteiger charge is 2.40. The Labute approximate surface area is 125 Å². The summed E-state index contributed by atoms with van der Waals surface area (Å²) in [5.74, 6) is -1.05. The summed E-state index contributed by atoms with van der Waals surface area (Å²) in [6.07, 6.45) is 2.42. The lowest BCUT2D eigenvalue weighted by Gasteiger charge is -2.41. The Morgan fingerprint density at radius 1 is 1.52 bits per heavy atom. The number of carboxylic acid groups (broad SMARTS) is 1. The molecule has 1 amide bonds. The van der Waals surface area contributed by atoms with Gasteiger partial charge in [-0.05, 0) is 32.3 Å². The van der Waals surface area contributed by atoms with Gasteiger partial charge in [-0.2, -0.15) is 5.10 Å². The van der Waals surface area contributed by atoms with Gasteiger partial charge in [0, 0.05) is 12.4 Å². The van der Waals surface area contributed by atoms with E-state index in [-0.39, 0.29) is 12.3 Å². The average Bonchev–Trinajstić information content (AvgIpc) is 2.89. The number of aromatic nitrogens is 2. The molecule has 1 fully saturated rings. The molecule has 0 unspecified atom stereocenters. The molecule has 2 aromatic rings. The molecule has 3 rings (SSSR count). The van der Waals surface area contributed by atoms with Crippen LogP contribution in [-0.2, 0) is 11.8 Å². The molecule has 7 heteroatoms. The lowest BCUT2D eigenvalue weighted by molar-refractivity contribution is -0.139. The largest absolute Gasteiger partial charge is 0.481 e. The minimum atomic E-state index is -0.869. The monoisotopic (exact) mass is 307 g/mol. The zero-order valence-electron chi connectivity index (χ0n) is 12.0. The number of fused-ring (bicyclic) bond motifs is 1. The Bertz CT molecular complexity index is 693. The first-order chi connectivity index (χ1) is 9.90. The van der Waals surface area contributed by atoms with Gasteiger partial charge in [-0.25, -0.2) is 0 Å². The number of amides is 1. The van der Waals surface area contributed by atoms with Crippen molar-refractivity contribution < 1.29 is 14.7 Å². The van der Waals surface area contributed by atoms with Crippen molar-refractivity contribution in [3.8, 4) is 0 Å². The summed E-state index contributed by atoms with van der Waals surface area (Å²) >= 11 is 1.39. The van der Waals surface area contributed by atoms with E-state index in [0.29, 0.717) is 4.88 Å². The standard InChI is InChI=1S/C14H17N3O3S/c1-8-9-6-10(21-13(9)17(2)16-8)12(20)15-14(4-3-5-14)7-11(18)19/h6H,3-5,7H2,1-2H3,(H,15,20)(H,18,19). The van der Waals surface area contributed by atoms with E-state index in [1.165, 1.54) is 11.3 Å². The highest BCUT2D eigenvalue weighted by molar-refractivity contribution is 7.20. The summed E-state index contributed by atoms with van der Waals surface area (Å²) in [5, 5.41) is 17.2. The second-order valence-corrected chi connectivity index (χ2v) is 6.73. The van der Waals surface area contributed by atoms with Gasteiger partial charge in [-0.3, -0.25) is 14.3 Å². The number of rotatable bonds is 4. The fourth-order valence-corrected chi connectivity index (χ4v) is 3.88. The Morgan fingerprint density at radius 3 is 2.76 bits per heavy atom. The summed E-state index contributed by atoms with van der Waals surface area (Å²) in [5.41, 5.74) is 0.332. The normalized spacial score (nSPS) is 16.7. The molecule has 21 heavy (non-hydrogen) atoms. The van der Waals surface area contributed by atoms with E-state index >= 15 is 0 Å². The third-order valence-corrected chi connectivity index (χ3v) is 5.30. The lowest BCUT2D eigenvalue weighted by Crippen LogP contribution is -2.54. The fourth-order valence-electron chi connectivity index (χ4n) is 2.86. The Hall–Kier alpha value is -1.89. The predicted molar refractivity (Wildman–Crippen MR) is 79.6 cm³/mol. The molecule has 1 saturated carbocycles. The van der Waals surface area contributed by atoms with Gasteiger partial charge in [0.25, 0.3) is 5.91 Å². The van der Waals surface area contributed by atoms with Crippen molar-refractivity contribution in [2.75, 3.05) is 0 Å². The van der Waals surface area contributed by atoms with Crippen LogP contribution in [0.25, 0.3) is 10.2 Å². The van der Waals surface area contributed by atoms with Crippen molar-refractivity contribution in [2.45, 2.75) is 38.1 Å². The molecule has 2 N–H and O–H groups in total. The second kappa shape index (κ2) is 4.84. The summed E-state index contributed by atoms with van der Waals surface area (Å²) in [6, 6.07) is 1.84. The molecule has 0 aliphatic heterocycles. The second-order valence-electron chi connectivity index (χ2n) is 5.70. The summed E-state index contributed by atoms with van der Waals surface area (Å²) in [6.45, 7) is 1.91. The third-order valence-electron chi connectivity index (χ3n) is 4.10. The molecule has 0 bridgehead atoms. The lowest BCUT2D eigenvalue weighted by atomic mass is 9.74. The van der Waals surface area contributed by atoms with Crippen LogP contribution >= 0.6 is 11.3 Å². The minimum absolute atomic E-state index is 0.00970. The van der Waals surface area contributed by atoms with Gasteiger partial charge in [-0.15, -0.1) is 11.3 Å². The van der Waals surface area contributed by atoms with Crippen LogP contribution in [-0.4, -0.2) is 32.3 Å². The number of hydrogen-bond acceptors (Lipinski definition) is 4. The number of carbonyl (C=O) groups is 2. The molecular formula is C14H17N3O3S. The number of aliphatic carboxylic acids is 1. The summed E-state index contributed by atoms with van der Waals surface area (Å²) in [4.78, 5) is 24.9. The van der Waals surface area contributed by atoms with E-state index in [1.807, 2.05) is 20.0 Å². The Morgan fingerprint density at radius 2 is 2.24 bits per heavy atom. The average molecular weight is 307 g/mol. The van der Waals surface area contributed by atoms with Crippen molar-refractivity contribution in [2.24, 2.45) is 7.05 Å². The van der Waals surface area contributed by atoms with Gasteiger partial charge in [0.05, 0.1) is 22.5 Å². The van der Waals surface area contributed by atoms with Crippen LogP contribution in [0.1, 0.15) is 41.0 Å². The van der Waals surface area contributed by atoms with Crippen LogP contribution in [0.2, 0.25) is 0 Å². The number of carbonyl (C=O) groups excluding carboxylic acids is 1. The van der Waals surface area contributed by atoms with E-state index in [2.05, 4.69) is 10.4 Å². The van der Waals surface area contributed by atoms with Crippen molar-refractivity contribution >= 4 is 33.4 Å². The topological polar surface area (TPSA) is 84.2 Å². The van der Waals surface area contributed by atoms with Crippen LogP contribution in [0.4, 0.5) is 0 Å². The molecule has 2 heterocycles. The van der Waals surface area contributed by atoms with E-state index in [9.17, 15) is 9.59 Å². The number of thiophene rings is 1. The number of hydrogen-bond donors (Lipinski definition) is 2. The highest BCUT2D eigenvalue weighted by Crippen LogP contribution is 2.36. The van der Waals surface area contributed by atoms with Crippen LogP contribution in [0.15, 0.2) is 6.07 Å². The Balaban J connectivity index is 1.83. The van der Waals surface area contributed by atoms with E-state index < -0.39 is 11.5 Å². The molecule has 112 valence electrons. The Kier molecular flexibility index (Phi) is 3.24. The van der Waals surface area contributed by atoms with Gasteiger partial charge in [0.2, 0.25) is 0 Å². The number of carboxylic acids is 1. The van der Waals surface area contributed by atoms with E-state index in [0.717, 1.165) is 35.2 Å². The maximum Gasteiger partial charge on any atom is 0.305 e. The van der Waals surface area contributed by atoms with Gasteiger partial charge in [-0.1, -0.05) is 0 Å². The van der Waals surface area contributed by atoms with E-state index in [4.69, 9.17) is 5.11 Å². The molecule has 0 aromatic carbocycles. The van der Waals surface area contributed by atoms with Gasteiger partial charge in [0.15, 0.2) is 0 Å². The van der Waals surface area contributed by atoms with Crippen molar-refractivity contribution in [1.29, 1.82) is 0 Å². The maximum absolute atomic E-state index is 12.4. The highest BCUT2D eigenvalue weighted by atomic mass is 32.1. The van der Waals surface area contributed by atoms with Gasteiger partial charge in [0.1, 0.15) is 4.83 Å². The van der Waals surface area contributed by atoms with Crippen molar-refractivity contribution in [3.05, 3.63) is 16.6 Å². The molecule has 0 atom stereocenters. The summed E-state index contributed by atoms with van der Waals surface area (Å²) < 4.78 is 1.77. The molecule has 1 aliphatic rings. The first kappa shape index (κ1) is 14.1. The van der Waals surface area contributed by atoms with E-state index in [1.54, 1.807) is 4.68 Å². The van der Waals surface area contributed by atoms with Gasteiger partial charge < -0.3 is 10.4 Å². The zero-order chi connectivity index (χ0) is 15.2. The van der Waals surface area contributed by atoms with Crippen molar-refractivity contribution in [1.82, 2.24) is 15.1 Å². The maximum atomic E-state index is 12.4. The molecule has 6 nitrogen and oxygen atoms in total. The number of nitrogens with one attached hydrogen (secondary N) is 1. The number of nitrogens with zero attached hydrogens (tertiary/aromatic N) is 2. The van der Waals surface area contributed by atoms with Crippen LogP contribution in [0.3, 0.4) is 0 Å². The first-order valence-electron chi connectivity index (χ1n) is 6.88. The molecule has 0 spiro atoms. The molecule has 2 aromatic heterocycles. The van der Waals surface area contributed by atoms with Crippen LogP contribution in [0, 0.1) is 6.92 Å². The zero-order valence-corrected chi connectivity index (χ0v) is 12.8. The summed E-state index contributed by atoms with van der Waals surface area (Å²) in [7, 11) is 1.85. The molecular weight excluding hydrogens is 290 g/mol. The molecule has 0 saturated heterocycles. The quantitative estimate of drug-likeness (QED) is 0.905. The van der Waals surface area contributed by atoms with Crippen LogP contribution < -0.4 is 5.32 Å².